The molecule has 326 valence electrons. The number of aliphatic hydroxyl groups is 2. The van der Waals surface area contributed by atoms with Crippen LogP contribution in [0.2, 0.25) is 0 Å². The lowest BCUT2D eigenvalue weighted by Gasteiger charge is -2.55. The number of nitrogens with zero attached hydrogens (tertiary/aromatic N) is 2. The molecule has 5 fully saturated rings. The summed E-state index contributed by atoms with van der Waals surface area (Å²) in [5.41, 5.74) is 8.43. The Labute approximate surface area is 372 Å². The van der Waals surface area contributed by atoms with Crippen molar-refractivity contribution in [2.24, 2.45) is 70.0 Å². The third kappa shape index (κ3) is 7.00. The summed E-state index contributed by atoms with van der Waals surface area (Å²) >= 11 is 0. The van der Waals surface area contributed by atoms with E-state index in [4.69, 9.17) is 0 Å². The van der Waals surface area contributed by atoms with Crippen LogP contribution in [0.15, 0.2) is 116 Å². The Kier molecular flexibility index (Phi) is 11.3. The van der Waals surface area contributed by atoms with Crippen LogP contribution in [0, 0.1) is 70.0 Å². The molecule has 0 aliphatic heterocycles. The van der Waals surface area contributed by atoms with E-state index >= 15 is 0 Å². The van der Waals surface area contributed by atoms with Crippen LogP contribution in [0.5, 0.6) is 0 Å². The fourth-order valence-corrected chi connectivity index (χ4v) is 16.6. The van der Waals surface area contributed by atoms with Gasteiger partial charge in [0.15, 0.2) is 0 Å². The first-order chi connectivity index (χ1) is 30.1. The molecule has 12 rings (SSSR count). The van der Waals surface area contributed by atoms with Gasteiger partial charge in [-0.1, -0.05) is 81.3 Å². The molecule has 8 aliphatic rings. The molecule has 4 aromatic rings. The molecule has 62 heavy (non-hydrogen) atoms. The van der Waals surface area contributed by atoms with Gasteiger partial charge in [0.05, 0.1) is 12.2 Å². The van der Waals surface area contributed by atoms with Gasteiger partial charge >= 0.3 is 0 Å². The van der Waals surface area contributed by atoms with Gasteiger partial charge in [0, 0.05) is 35.6 Å². The van der Waals surface area contributed by atoms with Gasteiger partial charge in [0.1, 0.15) is 0 Å². The van der Waals surface area contributed by atoms with Crippen molar-refractivity contribution < 1.29 is 10.2 Å². The van der Waals surface area contributed by atoms with Gasteiger partial charge in [-0.25, -0.2) is 0 Å². The van der Waals surface area contributed by atoms with Crippen molar-refractivity contribution in [3.63, 3.8) is 0 Å². The fraction of sp³-hybridized carbons (Fsp3) is 0.552. The van der Waals surface area contributed by atoms with Crippen LogP contribution in [0.4, 0.5) is 0 Å². The summed E-state index contributed by atoms with van der Waals surface area (Å²) in [5, 5.41) is 25.7. The molecule has 0 saturated heterocycles. The number of hydrogen-bond donors (Lipinski definition) is 2. The van der Waals surface area contributed by atoms with Crippen LogP contribution in [0.1, 0.15) is 128 Å². The standard InChI is InChI=1S/C28H35NO.C28H33NO.C2H4/c2*1-17-13-22(30)15-20-5-6-23-24(27(17)20)9-11-28(2)25(7-8-26(23)28)19-4-3-18-10-12-29-16-21(18)14-19;1-2/h3-5,10,12,14,16-17,22-27,30H,6-9,11,13,15H2,1-2H3;3-5,7,10,12,14,16-17,22-24,26-27,30H,6,8-9,11,13,15H2,1-2H3;1-2H2/t17-,22+,23-,24+,25-,26+,27?,28-;17-,22+,23-,24+,26+,27?,28-;/m11./s1. The smallest absolute Gasteiger partial charge is 0.0580 e. The minimum atomic E-state index is -0.116. The Balaban J connectivity index is 0.000000142. The zero-order valence-electron chi connectivity index (χ0n) is 38.1. The molecular formula is C58H72N2O2. The number of pyridine rings is 2. The minimum absolute atomic E-state index is 0.105. The van der Waals surface area contributed by atoms with Crippen molar-refractivity contribution in [1.29, 1.82) is 0 Å². The molecule has 2 aromatic heterocycles. The van der Waals surface area contributed by atoms with E-state index in [2.05, 4.69) is 118 Å². The van der Waals surface area contributed by atoms with Crippen molar-refractivity contribution in [3.8, 4) is 0 Å². The number of aromatic nitrogens is 2. The maximum Gasteiger partial charge on any atom is 0.0580 e. The van der Waals surface area contributed by atoms with E-state index < -0.39 is 0 Å². The molecule has 2 heterocycles. The molecule has 2 aromatic carbocycles. The molecule has 4 nitrogen and oxygen atoms in total. The highest BCUT2D eigenvalue weighted by molar-refractivity contribution is 5.87. The van der Waals surface area contributed by atoms with Gasteiger partial charge < -0.3 is 10.2 Å². The van der Waals surface area contributed by atoms with Crippen molar-refractivity contribution in [3.05, 3.63) is 127 Å². The molecule has 4 heteroatoms. The summed E-state index contributed by atoms with van der Waals surface area (Å²) in [7, 11) is 0. The summed E-state index contributed by atoms with van der Waals surface area (Å²) in [6, 6.07) is 18.3. The fourth-order valence-electron chi connectivity index (χ4n) is 16.6. The zero-order chi connectivity index (χ0) is 42.9. The van der Waals surface area contributed by atoms with Crippen molar-refractivity contribution in [2.45, 2.75) is 129 Å². The quantitative estimate of drug-likeness (QED) is 0.198. The molecule has 5 saturated carbocycles. The summed E-state index contributed by atoms with van der Waals surface area (Å²) in [4.78, 5) is 8.70. The van der Waals surface area contributed by atoms with E-state index in [0.29, 0.717) is 34.5 Å². The van der Waals surface area contributed by atoms with Gasteiger partial charge in [0.2, 0.25) is 0 Å². The number of fused-ring (bicyclic) bond motifs is 12. The van der Waals surface area contributed by atoms with Crippen molar-refractivity contribution >= 4 is 27.1 Å². The highest BCUT2D eigenvalue weighted by Gasteiger charge is 2.57. The van der Waals surface area contributed by atoms with E-state index in [1.165, 1.54) is 84.9 Å². The minimum Gasteiger partial charge on any atom is -0.393 e. The lowest BCUT2D eigenvalue weighted by molar-refractivity contribution is -0.0207. The van der Waals surface area contributed by atoms with Crippen molar-refractivity contribution in [1.82, 2.24) is 9.97 Å². The first kappa shape index (κ1) is 42.1. The van der Waals surface area contributed by atoms with Gasteiger partial charge in [-0.15, -0.1) is 13.2 Å². The topological polar surface area (TPSA) is 66.2 Å². The molecule has 0 radical (unpaired) electrons. The predicted molar refractivity (Wildman–Crippen MR) is 256 cm³/mol. The van der Waals surface area contributed by atoms with Crippen LogP contribution >= 0.6 is 0 Å². The maximum absolute atomic E-state index is 10.3. The van der Waals surface area contributed by atoms with Crippen LogP contribution in [-0.2, 0) is 0 Å². The van der Waals surface area contributed by atoms with E-state index in [1.54, 1.807) is 22.3 Å². The van der Waals surface area contributed by atoms with Gasteiger partial charge in [-0.2, -0.15) is 0 Å². The molecular weight excluding hydrogens is 757 g/mol. The zero-order valence-corrected chi connectivity index (χ0v) is 38.1. The van der Waals surface area contributed by atoms with Crippen LogP contribution in [0.25, 0.3) is 27.1 Å². The lowest BCUT2D eigenvalue weighted by atomic mass is 9.50. The third-order valence-electron chi connectivity index (χ3n) is 19.1. The SMILES string of the molecule is C=C.C[C@@H]1C[C@H](O)CC2=CC[C@@H]3[C@H](CC[C@]4(C)C(c5ccc6ccncc6c5)=CC[C@@H]34)C21.C[C@@H]1C[C@H](O)CC2=CC[C@@H]3[C@H](CC[C@]4(C)[C@@H](c5ccc6ccncc6c5)CC[C@@H]34)C21. The summed E-state index contributed by atoms with van der Waals surface area (Å²) in [5.74, 6) is 8.33. The summed E-state index contributed by atoms with van der Waals surface area (Å²) in [6.45, 7) is 16.0. The second kappa shape index (κ2) is 16.6. The second-order valence-corrected chi connectivity index (χ2v) is 22.0. The van der Waals surface area contributed by atoms with E-state index in [0.717, 1.165) is 67.1 Å². The van der Waals surface area contributed by atoms with Gasteiger partial charge in [-0.05, 0) is 211 Å². The molecule has 15 atom stereocenters. The second-order valence-electron chi connectivity index (χ2n) is 22.0. The normalized spacial score (nSPS) is 40.3. The molecule has 0 spiro atoms. The van der Waals surface area contributed by atoms with Gasteiger partial charge in [-0.3, -0.25) is 9.97 Å². The van der Waals surface area contributed by atoms with Crippen LogP contribution in [0.3, 0.4) is 0 Å². The number of hydrogen-bond acceptors (Lipinski definition) is 4. The average molecular weight is 829 g/mol. The third-order valence-corrected chi connectivity index (χ3v) is 19.1. The largest absolute Gasteiger partial charge is 0.393 e. The summed E-state index contributed by atoms with van der Waals surface area (Å²) in [6.07, 6.45) is 30.9. The predicted octanol–water partition coefficient (Wildman–Crippen LogP) is 13.7. The highest BCUT2D eigenvalue weighted by atomic mass is 16.3. The molecule has 2 N–H and O–H groups in total. The van der Waals surface area contributed by atoms with Crippen LogP contribution < -0.4 is 0 Å². The monoisotopic (exact) mass is 829 g/mol. The number of benzene rings is 2. The molecule has 8 aliphatic carbocycles. The average Bonchev–Trinajstić information content (AvgIpc) is 3.83. The first-order valence-corrected chi connectivity index (χ1v) is 24.7. The first-order valence-electron chi connectivity index (χ1n) is 24.7. The van der Waals surface area contributed by atoms with E-state index in [-0.39, 0.29) is 12.2 Å². The summed E-state index contributed by atoms with van der Waals surface area (Å²) < 4.78 is 0. The number of allylic oxidation sites excluding steroid dienone is 4. The van der Waals surface area contributed by atoms with E-state index in [9.17, 15) is 10.2 Å². The van der Waals surface area contributed by atoms with Gasteiger partial charge in [0.25, 0.3) is 0 Å². The Morgan fingerprint density at radius 3 is 1.82 bits per heavy atom. The molecule has 0 bridgehead atoms. The Morgan fingerprint density at radius 1 is 0.597 bits per heavy atom. The van der Waals surface area contributed by atoms with Crippen molar-refractivity contribution in [2.75, 3.05) is 0 Å². The number of rotatable bonds is 2. The Bertz CT molecular complexity index is 2350. The van der Waals surface area contributed by atoms with Crippen LogP contribution in [-0.4, -0.2) is 32.4 Å². The Hall–Kier alpha value is -3.86. The molecule has 2 unspecified atom stereocenters. The number of aliphatic hydroxyl groups excluding tert-OH is 2. The maximum atomic E-state index is 10.3. The van der Waals surface area contributed by atoms with E-state index in [1.807, 2.05) is 24.8 Å². The molecule has 0 amide bonds. The highest BCUT2D eigenvalue weighted by Crippen LogP contribution is 2.67. The Morgan fingerprint density at radius 2 is 1.18 bits per heavy atom. The lowest BCUT2D eigenvalue weighted by Crippen LogP contribution is -2.47.